The van der Waals surface area contributed by atoms with E-state index in [9.17, 15) is 19.7 Å². The van der Waals surface area contributed by atoms with Crippen LogP contribution in [-0.4, -0.2) is 21.4 Å². The number of pyridine rings is 1. The van der Waals surface area contributed by atoms with Crippen LogP contribution < -0.4 is 16.6 Å². The van der Waals surface area contributed by atoms with Crippen LogP contribution in [0.15, 0.2) is 29.1 Å². The van der Waals surface area contributed by atoms with Gasteiger partial charge in [-0.05, 0) is 13.0 Å². The zero-order valence-corrected chi connectivity index (χ0v) is 11.5. The lowest BCUT2D eigenvalue weighted by Gasteiger charge is -2.15. The van der Waals surface area contributed by atoms with Crippen LogP contribution in [0, 0.1) is 10.1 Å². The molecule has 1 aromatic carbocycles. The molecule has 0 aliphatic heterocycles. The summed E-state index contributed by atoms with van der Waals surface area (Å²) >= 11 is 0. The van der Waals surface area contributed by atoms with Crippen LogP contribution in [0.4, 0.5) is 11.4 Å². The predicted octanol–water partition coefficient (Wildman–Crippen LogP) is 0.732. The Hall–Kier alpha value is -2.90. The standard InChI is InChI=1S/C13H14N4O4/c1-7(13(14)19)15-10-6-12(18)16(2)11-4-3-8(17(20)21)5-9(10)11/h3-7,15H,1-2H3,(H2,14,19). The molecule has 8 nitrogen and oxygen atoms in total. The summed E-state index contributed by atoms with van der Waals surface area (Å²) in [5.41, 5.74) is 5.64. The van der Waals surface area contributed by atoms with Gasteiger partial charge in [-0.2, -0.15) is 0 Å². The third-order valence-corrected chi connectivity index (χ3v) is 3.24. The summed E-state index contributed by atoms with van der Waals surface area (Å²) in [6, 6.07) is 4.74. The Labute approximate surface area is 119 Å². The summed E-state index contributed by atoms with van der Waals surface area (Å²) in [5.74, 6) is -0.589. The molecule has 0 saturated heterocycles. The number of aryl methyl sites for hydroxylation is 1. The molecule has 1 atom stereocenters. The molecule has 21 heavy (non-hydrogen) atoms. The number of carbonyl (C=O) groups excluding carboxylic acids is 1. The molecule has 2 rings (SSSR count). The van der Waals surface area contributed by atoms with Crippen molar-refractivity contribution in [2.45, 2.75) is 13.0 Å². The van der Waals surface area contributed by atoms with Gasteiger partial charge in [-0.1, -0.05) is 0 Å². The van der Waals surface area contributed by atoms with Gasteiger partial charge in [-0.25, -0.2) is 0 Å². The van der Waals surface area contributed by atoms with Crippen molar-refractivity contribution < 1.29 is 9.72 Å². The maximum atomic E-state index is 11.9. The molecular weight excluding hydrogens is 276 g/mol. The van der Waals surface area contributed by atoms with Gasteiger partial charge in [0.2, 0.25) is 5.91 Å². The van der Waals surface area contributed by atoms with Gasteiger partial charge < -0.3 is 15.6 Å². The van der Waals surface area contributed by atoms with Crippen molar-refractivity contribution in [3.05, 3.63) is 44.7 Å². The quantitative estimate of drug-likeness (QED) is 0.635. The van der Waals surface area contributed by atoms with Crippen molar-refractivity contribution in [2.24, 2.45) is 12.8 Å². The summed E-state index contributed by atoms with van der Waals surface area (Å²) in [6.07, 6.45) is 0. The average molecular weight is 290 g/mol. The van der Waals surface area contributed by atoms with Crippen LogP contribution in [0.3, 0.4) is 0 Å². The molecule has 1 heterocycles. The molecule has 2 aromatic rings. The molecule has 1 unspecified atom stereocenters. The smallest absolute Gasteiger partial charge is 0.270 e. The number of aromatic nitrogens is 1. The van der Waals surface area contributed by atoms with Crippen molar-refractivity contribution in [1.82, 2.24) is 4.57 Å². The van der Waals surface area contributed by atoms with Crippen LogP contribution in [0.2, 0.25) is 0 Å². The number of hydrogen-bond acceptors (Lipinski definition) is 5. The Bertz CT molecular complexity index is 797. The first-order valence-corrected chi connectivity index (χ1v) is 6.15. The zero-order chi connectivity index (χ0) is 15.7. The van der Waals surface area contributed by atoms with Crippen molar-refractivity contribution in [3.8, 4) is 0 Å². The Morgan fingerprint density at radius 1 is 1.43 bits per heavy atom. The second-order valence-electron chi connectivity index (χ2n) is 4.68. The van der Waals surface area contributed by atoms with E-state index in [0.29, 0.717) is 16.6 Å². The highest BCUT2D eigenvalue weighted by atomic mass is 16.6. The number of nitro groups is 1. The molecule has 0 aliphatic carbocycles. The summed E-state index contributed by atoms with van der Waals surface area (Å²) in [5, 5.41) is 14.2. The van der Waals surface area contributed by atoms with E-state index in [-0.39, 0.29) is 11.2 Å². The number of nitro benzene ring substituents is 1. The minimum absolute atomic E-state index is 0.101. The van der Waals surface area contributed by atoms with Crippen LogP contribution in [-0.2, 0) is 11.8 Å². The molecule has 1 aromatic heterocycles. The third-order valence-electron chi connectivity index (χ3n) is 3.24. The van der Waals surface area contributed by atoms with E-state index in [4.69, 9.17) is 5.73 Å². The average Bonchev–Trinajstić information content (AvgIpc) is 2.43. The fraction of sp³-hybridized carbons (Fsp3) is 0.231. The van der Waals surface area contributed by atoms with Gasteiger partial charge in [0.05, 0.1) is 10.4 Å². The second kappa shape index (κ2) is 5.23. The number of nitrogens with zero attached hydrogens (tertiary/aromatic N) is 2. The number of nitrogens with one attached hydrogen (secondary N) is 1. The van der Waals surface area contributed by atoms with E-state index in [1.54, 1.807) is 14.0 Å². The number of primary amides is 1. The lowest BCUT2D eigenvalue weighted by Crippen LogP contribution is -2.33. The molecule has 8 heteroatoms. The van der Waals surface area contributed by atoms with Crippen LogP contribution in [0.5, 0.6) is 0 Å². The maximum Gasteiger partial charge on any atom is 0.270 e. The molecule has 0 radical (unpaired) electrons. The third kappa shape index (κ3) is 2.69. The van der Waals surface area contributed by atoms with Gasteiger partial charge >= 0.3 is 0 Å². The van der Waals surface area contributed by atoms with E-state index in [1.807, 2.05) is 0 Å². The molecule has 0 spiro atoms. The molecule has 110 valence electrons. The number of non-ortho nitro benzene ring substituents is 1. The normalized spacial score (nSPS) is 12.1. The highest BCUT2D eigenvalue weighted by Gasteiger charge is 2.15. The number of amides is 1. The van der Waals surface area contributed by atoms with E-state index in [0.717, 1.165) is 0 Å². The first-order chi connectivity index (χ1) is 9.81. The number of hydrogen-bond donors (Lipinski definition) is 2. The highest BCUT2D eigenvalue weighted by molar-refractivity contribution is 5.95. The SMILES string of the molecule is CC(Nc1cc(=O)n(C)c2ccc([N+](=O)[O-])cc12)C(N)=O. The Kier molecular flexibility index (Phi) is 3.62. The number of nitrogens with two attached hydrogens (primary N) is 1. The minimum Gasteiger partial charge on any atom is -0.373 e. The van der Waals surface area contributed by atoms with Gasteiger partial charge in [0.15, 0.2) is 0 Å². The monoisotopic (exact) mass is 290 g/mol. The number of anilines is 1. The van der Waals surface area contributed by atoms with Gasteiger partial charge in [0.25, 0.3) is 11.2 Å². The van der Waals surface area contributed by atoms with Gasteiger partial charge in [-0.15, -0.1) is 0 Å². The van der Waals surface area contributed by atoms with Crippen LogP contribution in [0.25, 0.3) is 10.9 Å². The van der Waals surface area contributed by atoms with Crippen LogP contribution in [0.1, 0.15) is 6.92 Å². The lowest BCUT2D eigenvalue weighted by atomic mass is 10.1. The van der Waals surface area contributed by atoms with Crippen LogP contribution >= 0.6 is 0 Å². The Morgan fingerprint density at radius 2 is 2.10 bits per heavy atom. The summed E-state index contributed by atoms with van der Waals surface area (Å²) in [7, 11) is 1.57. The maximum absolute atomic E-state index is 11.9. The predicted molar refractivity (Wildman–Crippen MR) is 78.1 cm³/mol. The molecular formula is C13H14N4O4. The van der Waals surface area contributed by atoms with E-state index in [1.165, 1.54) is 28.8 Å². The van der Waals surface area contributed by atoms with Gasteiger partial charge in [0, 0.05) is 36.3 Å². The second-order valence-corrected chi connectivity index (χ2v) is 4.68. The Balaban J connectivity index is 2.70. The topological polar surface area (TPSA) is 120 Å². The largest absolute Gasteiger partial charge is 0.373 e. The number of carbonyl (C=O) groups is 1. The van der Waals surface area contributed by atoms with Crippen molar-refractivity contribution in [3.63, 3.8) is 0 Å². The molecule has 0 fully saturated rings. The van der Waals surface area contributed by atoms with E-state index >= 15 is 0 Å². The van der Waals surface area contributed by atoms with Crippen molar-refractivity contribution >= 4 is 28.2 Å². The number of rotatable bonds is 4. The first-order valence-electron chi connectivity index (χ1n) is 6.15. The van der Waals surface area contributed by atoms with Gasteiger partial charge in [-0.3, -0.25) is 19.7 Å². The zero-order valence-electron chi connectivity index (χ0n) is 11.5. The van der Waals surface area contributed by atoms with Crippen molar-refractivity contribution in [2.75, 3.05) is 5.32 Å². The number of fused-ring (bicyclic) bond motifs is 1. The number of benzene rings is 1. The minimum atomic E-state index is -0.709. The highest BCUT2D eigenvalue weighted by Crippen LogP contribution is 2.26. The summed E-state index contributed by atoms with van der Waals surface area (Å²) in [6.45, 7) is 1.54. The molecule has 0 aliphatic rings. The molecule has 1 amide bonds. The fourth-order valence-corrected chi connectivity index (χ4v) is 1.99. The van der Waals surface area contributed by atoms with E-state index in [2.05, 4.69) is 5.32 Å². The molecule has 0 bridgehead atoms. The Morgan fingerprint density at radius 3 is 2.67 bits per heavy atom. The molecule has 0 saturated carbocycles. The molecule has 3 N–H and O–H groups in total. The summed E-state index contributed by atoms with van der Waals surface area (Å²) < 4.78 is 1.37. The van der Waals surface area contributed by atoms with E-state index < -0.39 is 16.9 Å². The lowest BCUT2D eigenvalue weighted by molar-refractivity contribution is -0.384. The van der Waals surface area contributed by atoms with Crippen molar-refractivity contribution in [1.29, 1.82) is 0 Å². The summed E-state index contributed by atoms with van der Waals surface area (Å²) in [4.78, 5) is 33.4. The van der Waals surface area contributed by atoms with Gasteiger partial charge in [0.1, 0.15) is 6.04 Å². The fourth-order valence-electron chi connectivity index (χ4n) is 1.99. The first kappa shape index (κ1) is 14.5.